The molecule has 0 aromatic heterocycles. The monoisotopic (exact) mass is 227 g/mol. The van der Waals surface area contributed by atoms with Gasteiger partial charge < -0.3 is 0 Å². The maximum Gasteiger partial charge on any atom is 0.127 e. The van der Waals surface area contributed by atoms with Gasteiger partial charge in [-0.15, -0.1) is 0 Å². The van der Waals surface area contributed by atoms with Gasteiger partial charge >= 0.3 is 0 Å². The number of rotatable bonds is 2. The molecule has 0 spiro atoms. The molecule has 3 heteroatoms. The van der Waals surface area contributed by atoms with E-state index in [1.807, 2.05) is 6.07 Å². The number of halogens is 2. The first-order chi connectivity index (χ1) is 5.77. The zero-order valence-corrected chi connectivity index (χ0v) is 7.94. The van der Waals surface area contributed by atoms with Crippen molar-refractivity contribution in [2.75, 3.05) is 0 Å². The Hall–Kier alpha value is -0.880. The minimum absolute atomic E-state index is 0.132. The first-order valence-electron chi connectivity index (χ1n) is 3.48. The fourth-order valence-electron chi connectivity index (χ4n) is 0.932. The summed E-state index contributed by atoms with van der Waals surface area (Å²) in [5.74, 6) is -0.304. The lowest BCUT2D eigenvalue weighted by atomic mass is 10.1. The lowest BCUT2D eigenvalue weighted by Gasteiger charge is -2.00. The zero-order chi connectivity index (χ0) is 8.97. The van der Waals surface area contributed by atoms with Gasteiger partial charge in [-0.1, -0.05) is 28.1 Å². The van der Waals surface area contributed by atoms with Gasteiger partial charge in [0.1, 0.15) is 5.82 Å². The van der Waals surface area contributed by atoms with Crippen LogP contribution in [0.3, 0.4) is 0 Å². The Balaban J connectivity index is 3.01. The van der Waals surface area contributed by atoms with Gasteiger partial charge in [-0.25, -0.2) is 4.39 Å². The summed E-state index contributed by atoms with van der Waals surface area (Å²) in [5, 5.41) is 9.07. The first-order valence-corrected chi connectivity index (χ1v) is 4.60. The molecular formula is C9H7BrFN. The molecule has 0 fully saturated rings. The Morgan fingerprint density at radius 2 is 2.25 bits per heavy atom. The summed E-state index contributed by atoms with van der Waals surface area (Å²) in [6.45, 7) is 0. The van der Waals surface area contributed by atoms with Crippen molar-refractivity contribution in [1.82, 2.24) is 0 Å². The molecular weight excluding hydrogens is 221 g/mol. The van der Waals surface area contributed by atoms with E-state index in [1.54, 1.807) is 12.1 Å². The normalized spacial score (nSPS) is 9.42. The van der Waals surface area contributed by atoms with Crippen LogP contribution in [0.1, 0.15) is 11.1 Å². The molecule has 0 N–H and O–H groups in total. The van der Waals surface area contributed by atoms with E-state index < -0.39 is 0 Å². The third-order valence-corrected chi connectivity index (χ3v) is 2.18. The Kier molecular flexibility index (Phi) is 3.24. The molecule has 0 saturated heterocycles. The van der Waals surface area contributed by atoms with Crippen LogP contribution in [0.15, 0.2) is 18.2 Å². The van der Waals surface area contributed by atoms with Gasteiger partial charge in [-0.2, -0.15) is 5.26 Å². The molecule has 1 aromatic rings. The van der Waals surface area contributed by atoms with Crippen LogP contribution in [0.2, 0.25) is 0 Å². The minimum Gasteiger partial charge on any atom is -0.207 e. The van der Waals surface area contributed by atoms with E-state index in [-0.39, 0.29) is 12.2 Å². The molecule has 0 bridgehead atoms. The average Bonchev–Trinajstić information content (AvgIpc) is 2.09. The molecule has 0 heterocycles. The molecule has 0 atom stereocenters. The van der Waals surface area contributed by atoms with Gasteiger partial charge in [0.05, 0.1) is 12.5 Å². The molecule has 1 nitrogen and oxygen atoms in total. The summed E-state index contributed by atoms with van der Waals surface area (Å²) < 4.78 is 12.9. The lowest BCUT2D eigenvalue weighted by Crippen LogP contribution is -1.90. The SMILES string of the molecule is N#CCc1cc(CBr)ccc1F. The summed E-state index contributed by atoms with van der Waals surface area (Å²) >= 11 is 3.26. The van der Waals surface area contributed by atoms with Crippen molar-refractivity contribution in [2.45, 2.75) is 11.8 Å². The minimum atomic E-state index is -0.304. The van der Waals surface area contributed by atoms with Crippen LogP contribution in [0.4, 0.5) is 4.39 Å². The molecule has 62 valence electrons. The van der Waals surface area contributed by atoms with Gasteiger partial charge in [0.2, 0.25) is 0 Å². The third-order valence-electron chi connectivity index (χ3n) is 1.53. The summed E-state index contributed by atoms with van der Waals surface area (Å²) in [6, 6.07) is 6.71. The number of nitriles is 1. The highest BCUT2D eigenvalue weighted by Gasteiger charge is 2.01. The van der Waals surface area contributed by atoms with Crippen molar-refractivity contribution in [1.29, 1.82) is 5.26 Å². The fourth-order valence-corrected chi connectivity index (χ4v) is 1.28. The fraction of sp³-hybridized carbons (Fsp3) is 0.222. The molecule has 1 aromatic carbocycles. The number of hydrogen-bond acceptors (Lipinski definition) is 1. The molecule has 0 unspecified atom stereocenters. The summed E-state index contributed by atoms with van der Waals surface area (Å²) in [6.07, 6.45) is 0.132. The number of alkyl halides is 1. The Labute approximate surface area is 79.0 Å². The first kappa shape index (κ1) is 9.21. The quantitative estimate of drug-likeness (QED) is 0.714. The standard InChI is InChI=1S/C9H7BrFN/c10-6-7-1-2-9(11)8(5-7)3-4-12/h1-2,5H,3,6H2. The summed E-state index contributed by atoms with van der Waals surface area (Å²) in [5.41, 5.74) is 1.45. The van der Waals surface area contributed by atoms with Gasteiger partial charge in [-0.05, 0) is 11.6 Å². The van der Waals surface area contributed by atoms with Crippen LogP contribution in [-0.2, 0) is 11.8 Å². The average molecular weight is 228 g/mol. The molecule has 0 radical (unpaired) electrons. The van der Waals surface area contributed by atoms with Crippen molar-refractivity contribution >= 4 is 15.9 Å². The van der Waals surface area contributed by atoms with E-state index >= 15 is 0 Å². The number of hydrogen-bond donors (Lipinski definition) is 0. The van der Waals surface area contributed by atoms with Gasteiger partial charge in [0.15, 0.2) is 0 Å². The maximum atomic E-state index is 12.9. The van der Waals surface area contributed by atoms with E-state index in [0.717, 1.165) is 5.56 Å². The zero-order valence-electron chi connectivity index (χ0n) is 6.35. The summed E-state index contributed by atoms with van der Waals surface area (Å²) in [7, 11) is 0. The van der Waals surface area contributed by atoms with Crippen molar-refractivity contribution in [2.24, 2.45) is 0 Å². The highest BCUT2D eigenvalue weighted by molar-refractivity contribution is 9.08. The number of nitrogens with zero attached hydrogens (tertiary/aromatic N) is 1. The van der Waals surface area contributed by atoms with Crippen LogP contribution in [0.5, 0.6) is 0 Å². The second kappa shape index (κ2) is 4.22. The van der Waals surface area contributed by atoms with Crippen molar-refractivity contribution in [3.63, 3.8) is 0 Å². The van der Waals surface area contributed by atoms with Gasteiger partial charge in [0.25, 0.3) is 0 Å². The van der Waals surface area contributed by atoms with E-state index in [2.05, 4.69) is 15.9 Å². The second-order valence-corrected chi connectivity index (χ2v) is 2.96. The van der Waals surface area contributed by atoms with E-state index in [1.165, 1.54) is 6.07 Å². The van der Waals surface area contributed by atoms with Crippen molar-refractivity contribution in [3.8, 4) is 6.07 Å². The smallest absolute Gasteiger partial charge is 0.127 e. The molecule has 0 saturated carbocycles. The molecule has 1 rings (SSSR count). The van der Waals surface area contributed by atoms with Crippen LogP contribution < -0.4 is 0 Å². The second-order valence-electron chi connectivity index (χ2n) is 2.39. The Morgan fingerprint density at radius 3 is 2.83 bits per heavy atom. The van der Waals surface area contributed by atoms with Gasteiger partial charge in [0, 0.05) is 10.9 Å². The maximum absolute atomic E-state index is 12.9. The molecule has 0 aliphatic carbocycles. The van der Waals surface area contributed by atoms with E-state index in [0.29, 0.717) is 10.9 Å². The highest BCUT2D eigenvalue weighted by atomic mass is 79.9. The number of benzene rings is 1. The molecule has 0 amide bonds. The highest BCUT2D eigenvalue weighted by Crippen LogP contribution is 2.13. The van der Waals surface area contributed by atoms with Crippen molar-refractivity contribution in [3.05, 3.63) is 35.1 Å². The molecule has 12 heavy (non-hydrogen) atoms. The van der Waals surface area contributed by atoms with Crippen LogP contribution in [-0.4, -0.2) is 0 Å². The predicted molar refractivity (Wildman–Crippen MR) is 48.3 cm³/mol. The largest absolute Gasteiger partial charge is 0.207 e. The van der Waals surface area contributed by atoms with Crippen LogP contribution in [0, 0.1) is 17.1 Å². The third kappa shape index (κ3) is 2.05. The molecule has 0 aliphatic heterocycles. The predicted octanol–water partition coefficient (Wildman–Crippen LogP) is 2.79. The lowest BCUT2D eigenvalue weighted by molar-refractivity contribution is 0.614. The van der Waals surface area contributed by atoms with Gasteiger partial charge in [-0.3, -0.25) is 0 Å². The Bertz CT molecular complexity index is 317. The molecule has 0 aliphatic rings. The van der Waals surface area contributed by atoms with Crippen LogP contribution in [0.25, 0.3) is 0 Å². The van der Waals surface area contributed by atoms with E-state index in [4.69, 9.17) is 5.26 Å². The topological polar surface area (TPSA) is 23.8 Å². The summed E-state index contributed by atoms with van der Waals surface area (Å²) in [4.78, 5) is 0. The Morgan fingerprint density at radius 1 is 1.50 bits per heavy atom. The van der Waals surface area contributed by atoms with E-state index in [9.17, 15) is 4.39 Å². The van der Waals surface area contributed by atoms with Crippen molar-refractivity contribution < 1.29 is 4.39 Å². The van der Waals surface area contributed by atoms with Crippen LogP contribution >= 0.6 is 15.9 Å².